The molecule has 4 heteroatoms. The molecule has 0 aromatic heterocycles. The number of ether oxygens (including phenoxy) is 2. The molecule has 0 aliphatic heterocycles. The predicted molar refractivity (Wildman–Crippen MR) is 189 cm³/mol. The lowest BCUT2D eigenvalue weighted by Gasteiger charge is -2.17. The fourth-order valence-corrected chi connectivity index (χ4v) is 5.39. The van der Waals surface area contributed by atoms with Crippen LogP contribution in [0.5, 0.6) is 11.5 Å². The van der Waals surface area contributed by atoms with E-state index in [0.29, 0.717) is 11.5 Å². The van der Waals surface area contributed by atoms with Crippen LogP contribution in [0.3, 0.4) is 0 Å². The molecule has 0 aliphatic rings. The smallest absolute Gasteiger partial charge is 0.335 e. The van der Waals surface area contributed by atoms with Crippen molar-refractivity contribution in [3.05, 3.63) is 169 Å². The van der Waals surface area contributed by atoms with E-state index in [9.17, 15) is 9.59 Å². The van der Waals surface area contributed by atoms with Gasteiger partial charge in [-0.25, -0.2) is 9.59 Å². The summed E-state index contributed by atoms with van der Waals surface area (Å²) in [5.41, 5.74) is 6.35. The van der Waals surface area contributed by atoms with E-state index in [1.807, 2.05) is 24.3 Å². The lowest BCUT2D eigenvalue weighted by molar-refractivity contribution is -0.129. The van der Waals surface area contributed by atoms with Crippen molar-refractivity contribution in [3.8, 4) is 22.6 Å². The molecule has 0 amide bonds. The minimum atomic E-state index is -0.491. The van der Waals surface area contributed by atoms with Crippen LogP contribution in [-0.2, 0) is 9.59 Å². The van der Waals surface area contributed by atoms with Gasteiger partial charge < -0.3 is 9.47 Å². The zero-order valence-corrected chi connectivity index (χ0v) is 25.1. The molecule has 6 aromatic rings. The Labute approximate surface area is 267 Å². The minimum absolute atomic E-state index is 0.466. The van der Waals surface area contributed by atoms with Crippen molar-refractivity contribution in [1.29, 1.82) is 0 Å². The molecule has 0 saturated heterocycles. The Morgan fingerprint density at radius 1 is 0.457 bits per heavy atom. The molecular weight excluding hydrogens is 568 g/mol. The van der Waals surface area contributed by atoms with Crippen molar-refractivity contribution in [3.63, 3.8) is 0 Å². The second-order valence-electron chi connectivity index (χ2n) is 10.6. The van der Waals surface area contributed by atoms with E-state index in [1.165, 1.54) is 0 Å². The van der Waals surface area contributed by atoms with Crippen LogP contribution in [0, 0.1) is 0 Å². The Morgan fingerprint density at radius 3 is 1.24 bits per heavy atom. The fraction of sp³-hybridized carbons (Fsp3) is 0. The number of benzene rings is 6. The van der Waals surface area contributed by atoms with Gasteiger partial charge in [-0.1, -0.05) is 135 Å². The van der Waals surface area contributed by atoms with Crippen molar-refractivity contribution in [2.24, 2.45) is 0 Å². The van der Waals surface area contributed by atoms with Crippen molar-refractivity contribution in [2.75, 3.05) is 0 Å². The van der Waals surface area contributed by atoms with E-state index in [4.69, 9.17) is 9.47 Å². The highest BCUT2D eigenvalue weighted by Crippen LogP contribution is 2.40. The maximum Gasteiger partial charge on any atom is 0.335 e. The summed E-state index contributed by atoms with van der Waals surface area (Å²) in [7, 11) is 0. The average molecular weight is 599 g/mol. The van der Waals surface area contributed by atoms with Gasteiger partial charge in [0.25, 0.3) is 0 Å². The first-order valence-electron chi connectivity index (χ1n) is 14.8. The Kier molecular flexibility index (Phi) is 8.80. The van der Waals surface area contributed by atoms with Gasteiger partial charge in [0.15, 0.2) is 0 Å². The van der Waals surface area contributed by atoms with Gasteiger partial charge in [-0.15, -0.1) is 0 Å². The van der Waals surface area contributed by atoms with Crippen molar-refractivity contribution in [2.45, 2.75) is 0 Å². The first-order chi connectivity index (χ1) is 22.5. The van der Waals surface area contributed by atoms with Crippen molar-refractivity contribution >= 4 is 57.8 Å². The van der Waals surface area contributed by atoms with Crippen LogP contribution in [0.4, 0.5) is 0 Å². The third kappa shape index (κ3) is 6.62. The van der Waals surface area contributed by atoms with Crippen LogP contribution >= 0.6 is 0 Å². The molecule has 0 N–H and O–H groups in total. The first-order valence-corrected chi connectivity index (χ1v) is 14.8. The van der Waals surface area contributed by atoms with Crippen molar-refractivity contribution in [1.82, 2.24) is 0 Å². The van der Waals surface area contributed by atoms with Crippen LogP contribution in [0.1, 0.15) is 22.3 Å². The number of hydrogen-bond donors (Lipinski definition) is 0. The third-order valence-corrected chi connectivity index (χ3v) is 7.61. The molecule has 0 bridgehead atoms. The Hall–Kier alpha value is -6.26. The Balaban J connectivity index is 1.46. The Morgan fingerprint density at radius 2 is 0.848 bits per heavy atom. The molecule has 0 radical (unpaired) electrons. The van der Waals surface area contributed by atoms with E-state index >= 15 is 0 Å². The highest BCUT2D eigenvalue weighted by molar-refractivity contribution is 6.11. The summed E-state index contributed by atoms with van der Waals surface area (Å²) in [4.78, 5) is 23.2. The second kappa shape index (κ2) is 13.6. The molecule has 222 valence electrons. The van der Waals surface area contributed by atoms with E-state index in [0.717, 1.165) is 67.1 Å². The highest BCUT2D eigenvalue weighted by atomic mass is 16.5. The van der Waals surface area contributed by atoms with E-state index in [2.05, 4.69) is 110 Å². The van der Waals surface area contributed by atoms with Crippen molar-refractivity contribution < 1.29 is 19.1 Å². The maximum absolute atomic E-state index is 11.6. The normalized spacial score (nSPS) is 11.2. The fourth-order valence-electron chi connectivity index (χ4n) is 5.39. The molecule has 0 fully saturated rings. The number of fused-ring (bicyclic) bond motifs is 2. The molecule has 0 heterocycles. The molecule has 0 unspecified atom stereocenters. The summed E-state index contributed by atoms with van der Waals surface area (Å²) in [6, 6.07) is 40.2. The zero-order valence-electron chi connectivity index (χ0n) is 25.1. The summed E-state index contributed by atoms with van der Waals surface area (Å²) in [5.74, 6) is -0.0498. The summed E-state index contributed by atoms with van der Waals surface area (Å²) < 4.78 is 10.5. The second-order valence-corrected chi connectivity index (χ2v) is 10.6. The van der Waals surface area contributed by atoms with Gasteiger partial charge in [0.05, 0.1) is 0 Å². The number of carbonyl (C=O) groups is 2. The Bertz CT molecular complexity index is 1990. The predicted octanol–water partition coefficient (Wildman–Crippen LogP) is 10.2. The molecule has 4 nitrogen and oxygen atoms in total. The lowest BCUT2D eigenvalue weighted by Crippen LogP contribution is -2.02. The first kappa shape index (κ1) is 29.8. The standard InChI is InChI=1S/C42H30O4/c1-3-39(43)45-35-25-15-29(16-26-35)13-19-33-23-21-31-9-5-7-11-37(31)41(33)42-34(24-22-32-10-6-8-12-38(32)42)20-14-30-17-27-36(28-18-30)46-40(44)4-2/h3-28H,1-2H2/b19-13+,20-14+. The molecule has 6 rings (SSSR count). The summed E-state index contributed by atoms with van der Waals surface area (Å²) in [5, 5.41) is 4.59. The van der Waals surface area contributed by atoms with Crippen LogP contribution in [0.15, 0.2) is 147 Å². The van der Waals surface area contributed by atoms with E-state index < -0.39 is 11.9 Å². The molecule has 0 spiro atoms. The van der Waals surface area contributed by atoms with Gasteiger partial charge in [-0.05, 0) is 79.2 Å². The molecule has 0 aliphatic carbocycles. The van der Waals surface area contributed by atoms with Gasteiger partial charge in [0.2, 0.25) is 0 Å². The number of esters is 2. The molecule has 46 heavy (non-hydrogen) atoms. The number of rotatable bonds is 9. The summed E-state index contributed by atoms with van der Waals surface area (Å²) in [6.45, 7) is 6.90. The van der Waals surface area contributed by atoms with Gasteiger partial charge in [0, 0.05) is 12.2 Å². The van der Waals surface area contributed by atoms with Crippen LogP contribution in [0.2, 0.25) is 0 Å². The molecule has 0 saturated carbocycles. The summed E-state index contributed by atoms with van der Waals surface area (Å²) >= 11 is 0. The average Bonchev–Trinajstić information content (AvgIpc) is 3.10. The largest absolute Gasteiger partial charge is 0.423 e. The maximum atomic E-state index is 11.6. The van der Waals surface area contributed by atoms with Gasteiger partial charge in [-0.2, -0.15) is 0 Å². The highest BCUT2D eigenvalue weighted by Gasteiger charge is 2.15. The van der Waals surface area contributed by atoms with E-state index in [-0.39, 0.29) is 0 Å². The number of carbonyl (C=O) groups excluding carboxylic acids is 2. The topological polar surface area (TPSA) is 52.6 Å². The molecular formula is C42H30O4. The van der Waals surface area contributed by atoms with Gasteiger partial charge in [-0.3, -0.25) is 0 Å². The lowest BCUT2D eigenvalue weighted by atomic mass is 9.86. The van der Waals surface area contributed by atoms with Crippen LogP contribution < -0.4 is 9.47 Å². The minimum Gasteiger partial charge on any atom is -0.423 e. The quantitative estimate of drug-likeness (QED) is 0.0719. The third-order valence-electron chi connectivity index (χ3n) is 7.61. The molecule has 6 aromatic carbocycles. The van der Waals surface area contributed by atoms with E-state index in [1.54, 1.807) is 24.3 Å². The van der Waals surface area contributed by atoms with Gasteiger partial charge >= 0.3 is 11.9 Å². The van der Waals surface area contributed by atoms with Crippen LogP contribution in [-0.4, -0.2) is 11.9 Å². The molecule has 0 atom stereocenters. The SMILES string of the molecule is C=CC(=O)Oc1ccc(/C=C/c2ccc3ccccc3c2-c2c(/C=C/c3ccc(OC(=O)C=C)cc3)ccc3ccccc23)cc1. The van der Waals surface area contributed by atoms with Crippen LogP contribution in [0.25, 0.3) is 57.0 Å². The monoisotopic (exact) mass is 598 g/mol. The summed E-state index contributed by atoms with van der Waals surface area (Å²) in [6.07, 6.45) is 10.7. The number of hydrogen-bond acceptors (Lipinski definition) is 4. The zero-order chi connectivity index (χ0) is 31.9. The van der Waals surface area contributed by atoms with Gasteiger partial charge in [0.1, 0.15) is 11.5 Å².